The Morgan fingerprint density at radius 2 is 2.05 bits per heavy atom. The molecular formula is C13H17N5O. The maximum atomic E-state index is 12.1. The van der Waals surface area contributed by atoms with Crippen LogP contribution in [-0.4, -0.2) is 39.0 Å². The average Bonchev–Trinajstić information content (AvgIpc) is 2.81. The van der Waals surface area contributed by atoms with Crippen molar-refractivity contribution in [2.75, 3.05) is 18.4 Å². The van der Waals surface area contributed by atoms with Crippen molar-refractivity contribution in [2.45, 2.75) is 19.3 Å². The van der Waals surface area contributed by atoms with E-state index < -0.39 is 0 Å². The van der Waals surface area contributed by atoms with Crippen molar-refractivity contribution >= 4 is 22.8 Å². The monoisotopic (exact) mass is 259 g/mol. The third kappa shape index (κ3) is 2.38. The highest BCUT2D eigenvalue weighted by Gasteiger charge is 2.16. The maximum absolute atomic E-state index is 12.1. The Morgan fingerprint density at radius 1 is 1.26 bits per heavy atom. The average molecular weight is 259 g/mol. The van der Waals surface area contributed by atoms with Crippen LogP contribution in [-0.2, 0) is 7.05 Å². The molecule has 1 aromatic carbocycles. The zero-order valence-electron chi connectivity index (χ0n) is 11.0. The summed E-state index contributed by atoms with van der Waals surface area (Å²) in [6.07, 6.45) is 3.41. The first-order valence-corrected chi connectivity index (χ1v) is 6.59. The number of piperidine rings is 1. The van der Waals surface area contributed by atoms with Crippen molar-refractivity contribution in [3.05, 3.63) is 18.2 Å². The Hall–Kier alpha value is -2.11. The number of carbonyl (C=O) groups is 1. The van der Waals surface area contributed by atoms with Gasteiger partial charge in [-0.25, -0.2) is 9.48 Å². The first kappa shape index (κ1) is 12.0. The molecule has 0 aliphatic carbocycles. The molecular weight excluding hydrogens is 242 g/mol. The Bertz CT molecular complexity index is 600. The van der Waals surface area contributed by atoms with Gasteiger partial charge < -0.3 is 10.2 Å². The van der Waals surface area contributed by atoms with Crippen LogP contribution < -0.4 is 5.32 Å². The first-order valence-electron chi connectivity index (χ1n) is 6.59. The largest absolute Gasteiger partial charge is 0.325 e. The van der Waals surface area contributed by atoms with Crippen LogP contribution in [0.1, 0.15) is 19.3 Å². The third-order valence-corrected chi connectivity index (χ3v) is 3.51. The fourth-order valence-electron chi connectivity index (χ4n) is 2.42. The van der Waals surface area contributed by atoms with Crippen molar-refractivity contribution in [2.24, 2.45) is 7.05 Å². The highest BCUT2D eigenvalue weighted by molar-refractivity contribution is 5.91. The zero-order chi connectivity index (χ0) is 13.2. The molecule has 1 fully saturated rings. The lowest BCUT2D eigenvalue weighted by atomic mass is 10.1. The Labute approximate surface area is 111 Å². The van der Waals surface area contributed by atoms with E-state index in [1.807, 2.05) is 30.1 Å². The summed E-state index contributed by atoms with van der Waals surface area (Å²) in [4.78, 5) is 13.9. The Morgan fingerprint density at radius 3 is 2.84 bits per heavy atom. The van der Waals surface area contributed by atoms with E-state index in [0.717, 1.165) is 42.7 Å². The molecule has 0 unspecified atom stereocenters. The van der Waals surface area contributed by atoms with Gasteiger partial charge in [-0.05, 0) is 37.5 Å². The number of anilines is 1. The summed E-state index contributed by atoms with van der Waals surface area (Å²) in [5.41, 5.74) is 2.51. The van der Waals surface area contributed by atoms with Crippen LogP contribution in [0, 0.1) is 0 Å². The summed E-state index contributed by atoms with van der Waals surface area (Å²) in [6.45, 7) is 1.69. The van der Waals surface area contributed by atoms with E-state index in [4.69, 9.17) is 0 Å². The summed E-state index contributed by atoms with van der Waals surface area (Å²) in [7, 11) is 1.85. The first-order chi connectivity index (χ1) is 9.24. The topological polar surface area (TPSA) is 63.1 Å². The van der Waals surface area contributed by atoms with E-state index in [9.17, 15) is 4.79 Å². The van der Waals surface area contributed by atoms with Crippen LogP contribution in [0.5, 0.6) is 0 Å². The molecule has 3 rings (SSSR count). The van der Waals surface area contributed by atoms with Crippen molar-refractivity contribution in [3.8, 4) is 0 Å². The molecule has 1 saturated heterocycles. The van der Waals surface area contributed by atoms with Crippen molar-refractivity contribution in [1.29, 1.82) is 0 Å². The number of hydrogen-bond donors (Lipinski definition) is 1. The van der Waals surface area contributed by atoms with Gasteiger partial charge in [-0.1, -0.05) is 5.21 Å². The summed E-state index contributed by atoms with van der Waals surface area (Å²) in [5.74, 6) is 0. The van der Waals surface area contributed by atoms with Gasteiger partial charge in [-0.15, -0.1) is 5.10 Å². The molecule has 1 N–H and O–H groups in total. The molecule has 1 aliphatic heterocycles. The number of rotatable bonds is 1. The molecule has 0 radical (unpaired) electrons. The predicted octanol–water partition coefficient (Wildman–Crippen LogP) is 1.99. The van der Waals surface area contributed by atoms with E-state index in [-0.39, 0.29) is 6.03 Å². The predicted molar refractivity (Wildman–Crippen MR) is 73.0 cm³/mol. The third-order valence-electron chi connectivity index (χ3n) is 3.51. The van der Waals surface area contributed by atoms with E-state index in [1.54, 1.807) is 4.68 Å². The molecule has 0 saturated carbocycles. The number of likely N-dealkylation sites (tertiary alicyclic amines) is 1. The summed E-state index contributed by atoms with van der Waals surface area (Å²) < 4.78 is 1.71. The van der Waals surface area contributed by atoms with Gasteiger partial charge in [0.2, 0.25) is 0 Å². The lowest BCUT2D eigenvalue weighted by Gasteiger charge is -2.26. The molecule has 0 atom stereocenters. The standard InChI is InChI=1S/C13H17N5O/c1-17-12-6-5-10(9-11(12)15-16-17)14-13(19)18-7-3-2-4-8-18/h5-6,9H,2-4,7-8H2,1H3,(H,14,19). The second kappa shape index (κ2) is 4.87. The van der Waals surface area contributed by atoms with Crippen LogP contribution in [0.2, 0.25) is 0 Å². The maximum Gasteiger partial charge on any atom is 0.321 e. The number of aryl methyl sites for hydroxylation is 1. The number of hydrogen-bond acceptors (Lipinski definition) is 3. The molecule has 2 heterocycles. The molecule has 1 aromatic heterocycles. The molecule has 19 heavy (non-hydrogen) atoms. The second-order valence-electron chi connectivity index (χ2n) is 4.89. The van der Waals surface area contributed by atoms with Crippen LogP contribution in [0.3, 0.4) is 0 Å². The summed E-state index contributed by atoms with van der Waals surface area (Å²) >= 11 is 0. The number of benzene rings is 1. The van der Waals surface area contributed by atoms with E-state index in [0.29, 0.717) is 0 Å². The summed E-state index contributed by atoms with van der Waals surface area (Å²) in [6, 6.07) is 5.63. The highest BCUT2D eigenvalue weighted by Crippen LogP contribution is 2.17. The molecule has 6 nitrogen and oxygen atoms in total. The number of aromatic nitrogens is 3. The van der Waals surface area contributed by atoms with Crippen molar-refractivity contribution < 1.29 is 4.79 Å². The van der Waals surface area contributed by atoms with E-state index in [1.165, 1.54) is 6.42 Å². The normalized spacial score (nSPS) is 15.7. The zero-order valence-corrected chi connectivity index (χ0v) is 11.0. The molecule has 0 spiro atoms. The number of carbonyl (C=O) groups excluding carboxylic acids is 1. The molecule has 6 heteroatoms. The van der Waals surface area contributed by atoms with Gasteiger partial charge in [-0.2, -0.15) is 0 Å². The van der Waals surface area contributed by atoms with Gasteiger partial charge >= 0.3 is 6.03 Å². The SMILES string of the molecule is Cn1nnc2cc(NC(=O)N3CCCCC3)ccc21. The van der Waals surface area contributed by atoms with Crippen molar-refractivity contribution in [3.63, 3.8) is 0 Å². The van der Waals surface area contributed by atoms with Crippen LogP contribution in [0.15, 0.2) is 18.2 Å². The Kier molecular flexibility index (Phi) is 3.06. The number of amides is 2. The fourth-order valence-corrected chi connectivity index (χ4v) is 2.42. The van der Waals surface area contributed by atoms with Gasteiger partial charge in [-0.3, -0.25) is 0 Å². The van der Waals surface area contributed by atoms with Crippen molar-refractivity contribution in [1.82, 2.24) is 19.9 Å². The minimum atomic E-state index is -0.0251. The number of nitrogens with one attached hydrogen (secondary N) is 1. The number of nitrogens with zero attached hydrogens (tertiary/aromatic N) is 4. The minimum Gasteiger partial charge on any atom is -0.325 e. The van der Waals surface area contributed by atoms with Gasteiger partial charge in [0.05, 0.1) is 5.52 Å². The fraction of sp³-hybridized carbons (Fsp3) is 0.462. The highest BCUT2D eigenvalue weighted by atomic mass is 16.2. The number of urea groups is 1. The van der Waals surface area contributed by atoms with Crippen LogP contribution in [0.25, 0.3) is 11.0 Å². The minimum absolute atomic E-state index is 0.0251. The van der Waals surface area contributed by atoms with Crippen LogP contribution in [0.4, 0.5) is 10.5 Å². The quantitative estimate of drug-likeness (QED) is 0.851. The second-order valence-corrected chi connectivity index (χ2v) is 4.89. The molecule has 0 bridgehead atoms. The lowest BCUT2D eigenvalue weighted by molar-refractivity contribution is 0.200. The smallest absolute Gasteiger partial charge is 0.321 e. The number of fused-ring (bicyclic) bond motifs is 1. The molecule has 100 valence electrons. The van der Waals surface area contributed by atoms with Gasteiger partial charge in [0.15, 0.2) is 0 Å². The molecule has 2 amide bonds. The van der Waals surface area contributed by atoms with Crippen LogP contribution >= 0.6 is 0 Å². The summed E-state index contributed by atoms with van der Waals surface area (Å²) in [5, 5.41) is 10.9. The molecule has 2 aromatic rings. The van der Waals surface area contributed by atoms with E-state index in [2.05, 4.69) is 15.6 Å². The van der Waals surface area contributed by atoms with Gasteiger partial charge in [0.1, 0.15) is 5.52 Å². The molecule has 1 aliphatic rings. The van der Waals surface area contributed by atoms with Gasteiger partial charge in [0.25, 0.3) is 0 Å². The van der Waals surface area contributed by atoms with E-state index >= 15 is 0 Å². The Balaban J connectivity index is 1.75. The lowest BCUT2D eigenvalue weighted by Crippen LogP contribution is -2.38. The van der Waals surface area contributed by atoms with Gasteiger partial charge in [0, 0.05) is 25.8 Å².